The van der Waals surface area contributed by atoms with Crippen molar-refractivity contribution in [1.82, 2.24) is 4.57 Å². The molecule has 0 aliphatic rings. The number of aromatic nitrogens is 1. The van der Waals surface area contributed by atoms with Crippen molar-refractivity contribution in [3.63, 3.8) is 0 Å². The summed E-state index contributed by atoms with van der Waals surface area (Å²) in [6.07, 6.45) is 3.39. The van der Waals surface area contributed by atoms with E-state index >= 15 is 0 Å². The number of carbonyl (C=O) groups excluding carboxylic acids is 1. The lowest BCUT2D eigenvalue weighted by molar-refractivity contribution is 0.0946. The smallest absolute Gasteiger partial charge is 0.217 e. The Bertz CT molecular complexity index is 710. The van der Waals surface area contributed by atoms with Gasteiger partial charge in [-0.3, -0.25) is 4.79 Å². The summed E-state index contributed by atoms with van der Waals surface area (Å²) in [5.74, 6) is 1.14. The maximum Gasteiger partial charge on any atom is 0.217 e. The number of nitrogens with zero attached hydrogens (tertiary/aromatic N) is 1. The number of hydrogen-bond donors (Lipinski definition) is 0. The number of ether oxygens (including phenoxy) is 1. The zero-order valence-electron chi connectivity index (χ0n) is 10.5. The van der Waals surface area contributed by atoms with Crippen molar-refractivity contribution >= 4 is 16.7 Å². The molecule has 0 N–H and O–H groups in total. The lowest BCUT2D eigenvalue weighted by Gasteiger charge is -2.05. The molecule has 4 nitrogen and oxygen atoms in total. The molecule has 0 aliphatic heterocycles. The second kappa shape index (κ2) is 4.65. The van der Waals surface area contributed by atoms with Crippen LogP contribution in [0.1, 0.15) is 10.6 Å². The standard InChI is InChI=1S/C15H13NO3/c1-18-14-5-2-4-12-11(14)7-8-16(12)10-13(17)15-6-3-9-19-15/h2-9H,10H2,1H3. The Morgan fingerprint density at radius 2 is 2.16 bits per heavy atom. The molecule has 0 unspecified atom stereocenters. The van der Waals surface area contributed by atoms with Gasteiger partial charge in [0.1, 0.15) is 5.75 Å². The maximum atomic E-state index is 12.0. The minimum Gasteiger partial charge on any atom is -0.496 e. The van der Waals surface area contributed by atoms with Crippen LogP contribution in [-0.2, 0) is 6.54 Å². The molecule has 0 radical (unpaired) electrons. The van der Waals surface area contributed by atoms with E-state index in [9.17, 15) is 4.79 Å². The van der Waals surface area contributed by atoms with Crippen LogP contribution in [0.3, 0.4) is 0 Å². The predicted octanol–water partition coefficient (Wildman–Crippen LogP) is 3.13. The monoisotopic (exact) mass is 255 g/mol. The number of fused-ring (bicyclic) bond motifs is 1. The van der Waals surface area contributed by atoms with Crippen molar-refractivity contribution in [2.75, 3.05) is 7.11 Å². The van der Waals surface area contributed by atoms with Gasteiger partial charge in [0.25, 0.3) is 0 Å². The molecule has 3 aromatic rings. The van der Waals surface area contributed by atoms with Crippen LogP contribution in [0.25, 0.3) is 10.9 Å². The van der Waals surface area contributed by atoms with Gasteiger partial charge in [0.15, 0.2) is 5.76 Å². The molecule has 0 fully saturated rings. The molecule has 0 saturated carbocycles. The van der Waals surface area contributed by atoms with Crippen LogP contribution in [-0.4, -0.2) is 17.5 Å². The average molecular weight is 255 g/mol. The molecular formula is C15H13NO3. The van der Waals surface area contributed by atoms with Crippen LogP contribution in [0.15, 0.2) is 53.3 Å². The minimum absolute atomic E-state index is 0.0506. The number of rotatable bonds is 4. The number of hydrogen-bond acceptors (Lipinski definition) is 3. The van der Waals surface area contributed by atoms with Crippen molar-refractivity contribution < 1.29 is 13.9 Å². The lowest BCUT2D eigenvalue weighted by Crippen LogP contribution is -2.08. The van der Waals surface area contributed by atoms with Gasteiger partial charge in [0, 0.05) is 11.6 Å². The number of ketones is 1. The summed E-state index contributed by atoms with van der Waals surface area (Å²) in [6, 6.07) is 11.1. The molecule has 96 valence electrons. The van der Waals surface area contributed by atoms with E-state index in [0.29, 0.717) is 5.76 Å². The first kappa shape index (κ1) is 11.6. The Morgan fingerprint density at radius 3 is 2.89 bits per heavy atom. The van der Waals surface area contributed by atoms with Crippen molar-refractivity contribution in [2.45, 2.75) is 6.54 Å². The highest BCUT2D eigenvalue weighted by atomic mass is 16.5. The van der Waals surface area contributed by atoms with Crippen molar-refractivity contribution in [3.8, 4) is 5.75 Å². The van der Waals surface area contributed by atoms with E-state index in [-0.39, 0.29) is 12.3 Å². The molecule has 0 aliphatic carbocycles. The third kappa shape index (κ3) is 2.01. The number of furan rings is 1. The van der Waals surface area contributed by atoms with Gasteiger partial charge in [-0.1, -0.05) is 6.07 Å². The number of Topliss-reactive ketones (excluding diaryl/α,β-unsaturated/α-hetero) is 1. The van der Waals surface area contributed by atoms with Gasteiger partial charge in [-0.05, 0) is 30.3 Å². The van der Waals surface area contributed by atoms with E-state index in [2.05, 4.69) is 0 Å². The van der Waals surface area contributed by atoms with Gasteiger partial charge < -0.3 is 13.7 Å². The largest absolute Gasteiger partial charge is 0.496 e. The molecule has 0 amide bonds. The van der Waals surface area contributed by atoms with Crippen LogP contribution in [0, 0.1) is 0 Å². The van der Waals surface area contributed by atoms with Gasteiger partial charge in [-0.25, -0.2) is 0 Å². The summed E-state index contributed by atoms with van der Waals surface area (Å²) in [4.78, 5) is 12.0. The second-order valence-electron chi connectivity index (χ2n) is 4.24. The average Bonchev–Trinajstić information content (AvgIpc) is 3.08. The molecule has 0 bridgehead atoms. The zero-order valence-corrected chi connectivity index (χ0v) is 10.5. The second-order valence-corrected chi connectivity index (χ2v) is 4.24. The summed E-state index contributed by atoms with van der Waals surface area (Å²) >= 11 is 0. The maximum absolute atomic E-state index is 12.0. The van der Waals surface area contributed by atoms with Gasteiger partial charge >= 0.3 is 0 Å². The summed E-state index contributed by atoms with van der Waals surface area (Å²) < 4.78 is 12.3. The first-order chi connectivity index (χ1) is 9.29. The highest BCUT2D eigenvalue weighted by Crippen LogP contribution is 2.26. The predicted molar refractivity (Wildman–Crippen MR) is 71.5 cm³/mol. The van der Waals surface area contributed by atoms with Crippen LogP contribution >= 0.6 is 0 Å². The van der Waals surface area contributed by atoms with Crippen LogP contribution in [0.2, 0.25) is 0 Å². The lowest BCUT2D eigenvalue weighted by atomic mass is 10.2. The molecular weight excluding hydrogens is 242 g/mol. The Kier molecular flexibility index (Phi) is 2.83. The van der Waals surface area contributed by atoms with E-state index < -0.39 is 0 Å². The van der Waals surface area contributed by atoms with Crippen LogP contribution < -0.4 is 4.74 Å². The van der Waals surface area contributed by atoms with E-state index in [1.807, 2.05) is 35.0 Å². The molecule has 2 aromatic heterocycles. The minimum atomic E-state index is -0.0506. The highest BCUT2D eigenvalue weighted by Gasteiger charge is 2.12. The summed E-state index contributed by atoms with van der Waals surface area (Å²) in [6.45, 7) is 0.254. The fraction of sp³-hybridized carbons (Fsp3) is 0.133. The molecule has 0 spiro atoms. The van der Waals surface area contributed by atoms with E-state index in [4.69, 9.17) is 9.15 Å². The van der Waals surface area contributed by atoms with Crippen molar-refractivity contribution in [1.29, 1.82) is 0 Å². The Morgan fingerprint density at radius 1 is 1.26 bits per heavy atom. The molecule has 4 heteroatoms. The van der Waals surface area contributed by atoms with Crippen LogP contribution in [0.4, 0.5) is 0 Å². The highest BCUT2D eigenvalue weighted by molar-refractivity contribution is 5.95. The number of benzene rings is 1. The van der Waals surface area contributed by atoms with E-state index in [0.717, 1.165) is 16.7 Å². The quantitative estimate of drug-likeness (QED) is 0.673. The Balaban J connectivity index is 1.96. The Hall–Kier alpha value is -2.49. The van der Waals surface area contributed by atoms with E-state index in [1.54, 1.807) is 19.2 Å². The molecule has 0 saturated heterocycles. The summed E-state index contributed by atoms with van der Waals surface area (Å²) in [7, 11) is 1.64. The SMILES string of the molecule is COc1cccc2c1ccn2CC(=O)c1ccco1. The van der Waals surface area contributed by atoms with Gasteiger partial charge in [0.2, 0.25) is 5.78 Å². The fourth-order valence-electron chi connectivity index (χ4n) is 2.18. The topological polar surface area (TPSA) is 44.4 Å². The van der Waals surface area contributed by atoms with Crippen molar-refractivity contribution in [3.05, 3.63) is 54.6 Å². The normalized spacial score (nSPS) is 10.8. The van der Waals surface area contributed by atoms with Gasteiger partial charge in [0.05, 0.1) is 25.4 Å². The van der Waals surface area contributed by atoms with E-state index in [1.165, 1.54) is 6.26 Å². The zero-order chi connectivity index (χ0) is 13.2. The van der Waals surface area contributed by atoms with Crippen molar-refractivity contribution in [2.24, 2.45) is 0 Å². The Labute approximate surface area is 110 Å². The molecule has 1 aromatic carbocycles. The molecule has 0 atom stereocenters. The first-order valence-electron chi connectivity index (χ1n) is 5.98. The number of methoxy groups -OCH3 is 1. The number of carbonyl (C=O) groups is 1. The first-order valence-corrected chi connectivity index (χ1v) is 5.98. The fourth-order valence-corrected chi connectivity index (χ4v) is 2.18. The molecule has 19 heavy (non-hydrogen) atoms. The molecule has 3 rings (SSSR count). The summed E-state index contributed by atoms with van der Waals surface area (Å²) in [5, 5.41) is 0.997. The third-order valence-electron chi connectivity index (χ3n) is 3.10. The van der Waals surface area contributed by atoms with Crippen LogP contribution in [0.5, 0.6) is 5.75 Å². The summed E-state index contributed by atoms with van der Waals surface area (Å²) in [5.41, 5.74) is 0.972. The molecule has 2 heterocycles. The van der Waals surface area contributed by atoms with Gasteiger partial charge in [-0.2, -0.15) is 0 Å². The van der Waals surface area contributed by atoms with Gasteiger partial charge in [-0.15, -0.1) is 0 Å². The third-order valence-corrected chi connectivity index (χ3v) is 3.10.